The zero-order valence-corrected chi connectivity index (χ0v) is 14.8. The van der Waals surface area contributed by atoms with Gasteiger partial charge in [-0.05, 0) is 12.5 Å². The summed E-state index contributed by atoms with van der Waals surface area (Å²) in [6.45, 7) is 1.49. The molecule has 24 heavy (non-hydrogen) atoms. The summed E-state index contributed by atoms with van der Waals surface area (Å²) in [5, 5.41) is -0.351. The molecular weight excluding hydrogens is 356 g/mol. The summed E-state index contributed by atoms with van der Waals surface area (Å²) in [5.41, 5.74) is 6.83. The minimum Gasteiger partial charge on any atom is -0.465 e. The van der Waals surface area contributed by atoms with Crippen molar-refractivity contribution in [2.24, 2.45) is 5.73 Å². The van der Waals surface area contributed by atoms with E-state index in [0.717, 1.165) is 11.6 Å². The Morgan fingerprint density at radius 3 is 2.54 bits per heavy atom. The third-order valence-corrected chi connectivity index (χ3v) is 4.56. The van der Waals surface area contributed by atoms with E-state index in [2.05, 4.69) is 9.46 Å². The number of rotatable bonds is 6. The third-order valence-electron chi connectivity index (χ3n) is 3.29. The molecule has 0 aliphatic rings. The number of methoxy groups -OCH3 is 1. The van der Waals surface area contributed by atoms with Gasteiger partial charge in [-0.25, -0.2) is 17.9 Å². The number of nitrogens with two attached hydrogens (primary N) is 1. The topological polar surface area (TPSA) is 112 Å². The molecule has 0 radical (unpaired) electrons. The molecule has 0 bridgehead atoms. The number of halogens is 1. The molecule has 2 rings (SSSR count). The van der Waals surface area contributed by atoms with E-state index in [1.54, 1.807) is 0 Å². The van der Waals surface area contributed by atoms with Gasteiger partial charge in [0.15, 0.2) is 0 Å². The van der Waals surface area contributed by atoms with Crippen molar-refractivity contribution in [3.63, 3.8) is 0 Å². The number of aryl methyl sites for hydroxylation is 1. The number of sulfonamides is 1. The first-order chi connectivity index (χ1) is 10.8. The maximum atomic E-state index is 12.2. The van der Waals surface area contributed by atoms with Crippen molar-refractivity contribution < 1.29 is 22.4 Å². The quantitative estimate of drug-likeness (QED) is 0.745. The number of furan rings is 1. The van der Waals surface area contributed by atoms with Gasteiger partial charge in [0, 0.05) is 18.7 Å². The largest absolute Gasteiger partial charge is 0.465 e. The lowest BCUT2D eigenvalue weighted by molar-refractivity contribution is 0.0599. The van der Waals surface area contributed by atoms with Crippen LogP contribution in [0, 0.1) is 6.92 Å². The molecule has 3 N–H and O–H groups in total. The number of nitrogens with one attached hydrogen (secondary N) is 1. The molecule has 1 aromatic carbocycles. The number of carbonyl (C=O) groups is 1. The highest BCUT2D eigenvalue weighted by Gasteiger charge is 2.24. The molecule has 0 amide bonds. The number of ether oxygens (including phenoxy) is 1. The Kier molecular flexibility index (Phi) is 6.97. The Bertz CT molecular complexity index is 789. The molecule has 7 nitrogen and oxygen atoms in total. The minimum atomic E-state index is -3.91. The summed E-state index contributed by atoms with van der Waals surface area (Å²) in [5.74, 6) is -0.488. The molecule has 1 unspecified atom stereocenters. The van der Waals surface area contributed by atoms with Crippen LogP contribution in [-0.2, 0) is 14.8 Å². The van der Waals surface area contributed by atoms with Crippen LogP contribution in [0.4, 0.5) is 0 Å². The van der Waals surface area contributed by atoms with Crippen LogP contribution >= 0.6 is 12.4 Å². The van der Waals surface area contributed by atoms with Gasteiger partial charge in [-0.2, -0.15) is 0 Å². The molecule has 0 aliphatic carbocycles. The van der Waals surface area contributed by atoms with Crippen molar-refractivity contribution >= 4 is 28.4 Å². The van der Waals surface area contributed by atoms with E-state index >= 15 is 0 Å². The highest BCUT2D eigenvalue weighted by Crippen LogP contribution is 2.20. The number of esters is 1. The molecular formula is C15H19ClN2O5S. The number of benzene rings is 1. The average molecular weight is 375 g/mol. The number of hydrogen-bond acceptors (Lipinski definition) is 6. The SMILES string of the molecule is COC(=O)c1cc(S(=O)(=O)NCC(N)c2ccccc2)oc1C.Cl. The van der Waals surface area contributed by atoms with Gasteiger partial charge in [-0.1, -0.05) is 30.3 Å². The van der Waals surface area contributed by atoms with Gasteiger partial charge in [0.25, 0.3) is 10.0 Å². The zero-order valence-electron chi connectivity index (χ0n) is 13.2. The molecule has 1 heterocycles. The summed E-state index contributed by atoms with van der Waals surface area (Å²) in [4.78, 5) is 11.5. The lowest BCUT2D eigenvalue weighted by atomic mass is 10.1. The lowest BCUT2D eigenvalue weighted by Gasteiger charge is -2.12. The predicted octanol–water partition coefficient (Wildman–Crippen LogP) is 1.77. The average Bonchev–Trinajstić information content (AvgIpc) is 2.95. The first kappa shape index (κ1) is 20.2. The van der Waals surface area contributed by atoms with Crippen LogP contribution < -0.4 is 10.5 Å². The second-order valence-electron chi connectivity index (χ2n) is 4.90. The lowest BCUT2D eigenvalue weighted by Crippen LogP contribution is -2.31. The molecule has 0 spiro atoms. The van der Waals surface area contributed by atoms with Crippen LogP contribution in [0.3, 0.4) is 0 Å². The van der Waals surface area contributed by atoms with Crippen molar-refractivity contribution in [1.82, 2.24) is 4.72 Å². The number of carbonyl (C=O) groups excluding carboxylic acids is 1. The van der Waals surface area contributed by atoms with E-state index in [-0.39, 0.29) is 35.4 Å². The Balaban J connectivity index is 0.00000288. The smallest absolute Gasteiger partial charge is 0.341 e. The summed E-state index contributed by atoms with van der Waals surface area (Å²) < 4.78 is 36.5. The molecule has 0 saturated carbocycles. The van der Waals surface area contributed by atoms with Gasteiger partial charge in [-0.3, -0.25) is 0 Å². The van der Waals surface area contributed by atoms with Crippen LogP contribution in [0.1, 0.15) is 27.7 Å². The molecule has 132 valence electrons. The Morgan fingerprint density at radius 2 is 1.96 bits per heavy atom. The van der Waals surface area contributed by atoms with E-state index in [1.807, 2.05) is 30.3 Å². The van der Waals surface area contributed by atoms with Crippen LogP contribution in [-0.4, -0.2) is 28.0 Å². The normalized spacial score (nSPS) is 12.3. The highest BCUT2D eigenvalue weighted by molar-refractivity contribution is 7.89. The minimum absolute atomic E-state index is 0. The van der Waals surface area contributed by atoms with E-state index < -0.39 is 22.0 Å². The number of hydrogen-bond donors (Lipinski definition) is 2. The molecule has 0 fully saturated rings. The summed E-state index contributed by atoms with van der Waals surface area (Å²) in [6, 6.07) is 9.75. The second kappa shape index (κ2) is 8.29. The van der Waals surface area contributed by atoms with Crippen LogP contribution in [0.15, 0.2) is 45.9 Å². The van der Waals surface area contributed by atoms with Crippen LogP contribution in [0.2, 0.25) is 0 Å². The van der Waals surface area contributed by atoms with Crippen molar-refractivity contribution in [1.29, 1.82) is 0 Å². The predicted molar refractivity (Wildman–Crippen MR) is 90.6 cm³/mol. The Labute approximate surface area is 146 Å². The maximum Gasteiger partial charge on any atom is 0.341 e. The molecule has 1 atom stereocenters. The van der Waals surface area contributed by atoms with Crippen LogP contribution in [0.5, 0.6) is 0 Å². The Morgan fingerprint density at radius 1 is 1.33 bits per heavy atom. The molecule has 1 aromatic heterocycles. The monoisotopic (exact) mass is 374 g/mol. The zero-order chi connectivity index (χ0) is 17.0. The standard InChI is InChI=1S/C15H18N2O5S.ClH/c1-10-12(15(18)21-2)8-14(22-10)23(19,20)17-9-13(16)11-6-4-3-5-7-11;/h3-8,13,17H,9,16H2,1-2H3;1H. The summed E-state index contributed by atoms with van der Waals surface area (Å²) in [6.07, 6.45) is 0. The highest BCUT2D eigenvalue weighted by atomic mass is 35.5. The van der Waals surface area contributed by atoms with Crippen LogP contribution in [0.25, 0.3) is 0 Å². The fourth-order valence-electron chi connectivity index (χ4n) is 1.99. The van der Waals surface area contributed by atoms with Gasteiger partial charge in [-0.15, -0.1) is 12.4 Å². The third kappa shape index (κ3) is 4.57. The van der Waals surface area contributed by atoms with Crippen molar-refractivity contribution in [2.75, 3.05) is 13.7 Å². The second-order valence-corrected chi connectivity index (χ2v) is 6.59. The molecule has 2 aromatic rings. The fourth-order valence-corrected chi connectivity index (χ4v) is 3.04. The van der Waals surface area contributed by atoms with Gasteiger partial charge in [0.1, 0.15) is 11.3 Å². The Hall–Kier alpha value is -1.87. The van der Waals surface area contributed by atoms with Gasteiger partial charge in [0.05, 0.1) is 7.11 Å². The first-order valence-electron chi connectivity index (χ1n) is 6.84. The van der Waals surface area contributed by atoms with Gasteiger partial charge < -0.3 is 14.9 Å². The van der Waals surface area contributed by atoms with Crippen molar-refractivity contribution in [2.45, 2.75) is 18.1 Å². The van der Waals surface area contributed by atoms with Crippen molar-refractivity contribution in [3.8, 4) is 0 Å². The van der Waals surface area contributed by atoms with Gasteiger partial charge >= 0.3 is 5.97 Å². The molecule has 9 heteroatoms. The van der Waals surface area contributed by atoms with Gasteiger partial charge in [0.2, 0.25) is 5.09 Å². The maximum absolute atomic E-state index is 12.2. The van der Waals surface area contributed by atoms with E-state index in [1.165, 1.54) is 14.0 Å². The van der Waals surface area contributed by atoms with E-state index in [9.17, 15) is 13.2 Å². The van der Waals surface area contributed by atoms with E-state index in [4.69, 9.17) is 10.2 Å². The van der Waals surface area contributed by atoms with Crippen molar-refractivity contribution in [3.05, 3.63) is 53.3 Å². The van der Waals surface area contributed by atoms with E-state index in [0.29, 0.717) is 0 Å². The summed E-state index contributed by atoms with van der Waals surface area (Å²) >= 11 is 0. The first-order valence-corrected chi connectivity index (χ1v) is 8.32. The fraction of sp³-hybridized carbons (Fsp3) is 0.267. The summed E-state index contributed by atoms with van der Waals surface area (Å²) in [7, 11) is -2.70. The molecule has 0 aliphatic heterocycles. The molecule has 0 saturated heterocycles.